The van der Waals surface area contributed by atoms with Gasteiger partial charge in [0.2, 0.25) is 11.2 Å². The molecular formula is C28H22O5S. The molecule has 0 aliphatic rings. The first kappa shape index (κ1) is 21.9. The fourth-order valence-electron chi connectivity index (χ4n) is 4.12. The van der Waals surface area contributed by atoms with Crippen molar-refractivity contribution in [2.75, 3.05) is 0 Å². The third-order valence-electron chi connectivity index (χ3n) is 5.81. The molecule has 0 N–H and O–H groups in total. The Morgan fingerprint density at radius 1 is 0.765 bits per heavy atom. The van der Waals surface area contributed by atoms with Crippen molar-refractivity contribution in [1.29, 1.82) is 0 Å². The van der Waals surface area contributed by atoms with Gasteiger partial charge in [-0.3, -0.25) is 4.79 Å². The predicted octanol–water partition coefficient (Wildman–Crippen LogP) is 6.31. The van der Waals surface area contributed by atoms with Crippen molar-refractivity contribution in [3.63, 3.8) is 0 Å². The number of rotatable bonds is 4. The number of benzene rings is 4. The largest absolute Gasteiger partial charge is 0.452 e. The highest BCUT2D eigenvalue weighted by atomic mass is 32.2. The van der Waals surface area contributed by atoms with Crippen LogP contribution in [0.3, 0.4) is 0 Å². The molecule has 0 bridgehead atoms. The van der Waals surface area contributed by atoms with Gasteiger partial charge in [0.05, 0.1) is 5.39 Å². The molecule has 0 unspecified atom stereocenters. The van der Waals surface area contributed by atoms with E-state index in [0.717, 1.165) is 21.9 Å². The van der Waals surface area contributed by atoms with E-state index in [-0.39, 0.29) is 16.4 Å². The van der Waals surface area contributed by atoms with Crippen LogP contribution in [0.5, 0.6) is 5.75 Å². The summed E-state index contributed by atoms with van der Waals surface area (Å²) in [6.45, 7) is 5.64. The molecule has 0 radical (unpaired) electrons. The van der Waals surface area contributed by atoms with E-state index in [4.69, 9.17) is 8.60 Å². The van der Waals surface area contributed by atoms with Crippen LogP contribution < -0.4 is 9.61 Å². The number of hydrogen-bond acceptors (Lipinski definition) is 5. The van der Waals surface area contributed by atoms with Crippen LogP contribution in [0.25, 0.3) is 33.1 Å². The summed E-state index contributed by atoms with van der Waals surface area (Å²) in [5, 5.41) is 1.95. The van der Waals surface area contributed by atoms with Crippen LogP contribution in [0.15, 0.2) is 93.0 Å². The average Bonchev–Trinajstić information content (AvgIpc) is 2.80. The molecule has 0 saturated carbocycles. The van der Waals surface area contributed by atoms with Crippen molar-refractivity contribution < 1.29 is 17.0 Å². The molecule has 1 heterocycles. The first-order chi connectivity index (χ1) is 16.2. The predicted molar refractivity (Wildman–Crippen MR) is 134 cm³/mol. The van der Waals surface area contributed by atoms with Gasteiger partial charge in [0.25, 0.3) is 0 Å². The summed E-state index contributed by atoms with van der Waals surface area (Å²) in [7, 11) is -4.32. The Bertz CT molecular complexity index is 1730. The van der Waals surface area contributed by atoms with E-state index in [9.17, 15) is 13.2 Å². The maximum Gasteiger partial charge on any atom is 0.339 e. The van der Waals surface area contributed by atoms with E-state index in [2.05, 4.69) is 0 Å². The van der Waals surface area contributed by atoms with E-state index in [1.807, 2.05) is 56.3 Å². The molecule has 0 aliphatic heterocycles. The second-order valence-electron chi connectivity index (χ2n) is 8.46. The quantitative estimate of drug-likeness (QED) is 0.288. The van der Waals surface area contributed by atoms with Gasteiger partial charge in [-0.15, -0.1) is 0 Å². The molecule has 6 heteroatoms. The van der Waals surface area contributed by atoms with Crippen LogP contribution in [0, 0.1) is 20.8 Å². The van der Waals surface area contributed by atoms with E-state index in [1.165, 1.54) is 12.1 Å². The lowest BCUT2D eigenvalue weighted by molar-refractivity contribution is 0.472. The van der Waals surface area contributed by atoms with Crippen molar-refractivity contribution in [2.24, 2.45) is 0 Å². The fourth-order valence-corrected chi connectivity index (χ4v) is 5.10. The minimum absolute atomic E-state index is 0.0406. The summed E-state index contributed by atoms with van der Waals surface area (Å²) in [4.78, 5) is 13.6. The molecule has 0 fully saturated rings. The normalized spacial score (nSPS) is 11.7. The lowest BCUT2D eigenvalue weighted by Gasteiger charge is -2.13. The van der Waals surface area contributed by atoms with E-state index in [1.54, 1.807) is 31.2 Å². The Balaban J connectivity index is 1.73. The minimum atomic E-state index is -4.32. The van der Waals surface area contributed by atoms with Crippen molar-refractivity contribution in [3.8, 4) is 17.1 Å². The molecule has 0 spiro atoms. The Hall–Kier alpha value is -3.90. The van der Waals surface area contributed by atoms with Crippen LogP contribution in [-0.2, 0) is 10.1 Å². The molecule has 34 heavy (non-hydrogen) atoms. The molecule has 1 aromatic heterocycles. The molecule has 170 valence electrons. The van der Waals surface area contributed by atoms with Crippen LogP contribution in [0.2, 0.25) is 0 Å². The smallest absolute Gasteiger partial charge is 0.339 e. The van der Waals surface area contributed by atoms with Crippen LogP contribution >= 0.6 is 0 Å². The summed E-state index contributed by atoms with van der Waals surface area (Å²) in [5.41, 5.74) is 3.04. The molecule has 5 rings (SSSR count). The van der Waals surface area contributed by atoms with Crippen molar-refractivity contribution >= 4 is 31.9 Å². The summed E-state index contributed by atoms with van der Waals surface area (Å²) < 4.78 is 38.3. The van der Waals surface area contributed by atoms with Crippen LogP contribution in [0.4, 0.5) is 0 Å². The first-order valence-electron chi connectivity index (χ1n) is 10.8. The maximum absolute atomic E-state index is 13.6. The van der Waals surface area contributed by atoms with Gasteiger partial charge in [-0.05, 0) is 60.9 Å². The first-order valence-corrected chi connectivity index (χ1v) is 12.2. The van der Waals surface area contributed by atoms with Gasteiger partial charge in [-0.2, -0.15) is 8.42 Å². The highest BCUT2D eigenvalue weighted by Crippen LogP contribution is 2.34. The molecule has 0 atom stereocenters. The minimum Gasteiger partial charge on any atom is -0.452 e. The van der Waals surface area contributed by atoms with Gasteiger partial charge in [0.1, 0.15) is 10.5 Å². The summed E-state index contributed by atoms with van der Waals surface area (Å²) >= 11 is 0. The third kappa shape index (κ3) is 3.86. The van der Waals surface area contributed by atoms with Gasteiger partial charge >= 0.3 is 10.1 Å². The van der Waals surface area contributed by atoms with Crippen LogP contribution in [-0.4, -0.2) is 8.42 Å². The Kier molecular flexibility index (Phi) is 5.25. The van der Waals surface area contributed by atoms with Crippen molar-refractivity contribution in [3.05, 3.63) is 106 Å². The molecule has 0 amide bonds. The summed E-state index contributed by atoms with van der Waals surface area (Å²) in [6.07, 6.45) is 0. The zero-order chi connectivity index (χ0) is 24.0. The van der Waals surface area contributed by atoms with Gasteiger partial charge in [0.15, 0.2) is 5.76 Å². The average molecular weight is 471 g/mol. The van der Waals surface area contributed by atoms with Gasteiger partial charge in [-0.25, -0.2) is 0 Å². The number of aryl methyl sites for hydroxylation is 3. The Labute approximate surface area is 197 Å². The van der Waals surface area contributed by atoms with Gasteiger partial charge < -0.3 is 8.60 Å². The zero-order valence-corrected chi connectivity index (χ0v) is 19.8. The zero-order valence-electron chi connectivity index (χ0n) is 19.0. The third-order valence-corrected chi connectivity index (χ3v) is 7.03. The SMILES string of the molecule is Cc1ccc(-c2oc3cc(C)cc(C)c3c(=O)c2OS(=O)(=O)c2ccc3ccccc3c2)cc1. The topological polar surface area (TPSA) is 73.6 Å². The molecule has 0 aliphatic carbocycles. The molecule has 0 saturated heterocycles. The summed E-state index contributed by atoms with van der Waals surface area (Å²) in [5.74, 6) is -0.275. The highest BCUT2D eigenvalue weighted by molar-refractivity contribution is 7.87. The van der Waals surface area contributed by atoms with Gasteiger partial charge in [0, 0.05) is 5.56 Å². The second-order valence-corrected chi connectivity index (χ2v) is 10.0. The Morgan fingerprint density at radius 3 is 2.21 bits per heavy atom. The lowest BCUT2D eigenvalue weighted by atomic mass is 10.0. The van der Waals surface area contributed by atoms with Crippen molar-refractivity contribution in [1.82, 2.24) is 0 Å². The molecule has 5 nitrogen and oxygen atoms in total. The number of fused-ring (bicyclic) bond motifs is 2. The second kappa shape index (κ2) is 8.15. The van der Waals surface area contributed by atoms with Crippen molar-refractivity contribution in [2.45, 2.75) is 25.7 Å². The fraction of sp³-hybridized carbons (Fsp3) is 0.107. The van der Waals surface area contributed by atoms with E-state index in [0.29, 0.717) is 22.1 Å². The number of hydrogen-bond donors (Lipinski definition) is 0. The molecule has 5 aromatic rings. The standard InChI is InChI=1S/C28H22O5S/c1-17-8-10-21(11-9-17)27-28(26(29)25-19(3)14-18(2)15-24(25)32-27)33-34(30,31)23-13-12-20-6-4-5-7-22(20)16-23/h4-16H,1-3H3. The van der Waals surface area contributed by atoms with E-state index >= 15 is 0 Å². The lowest BCUT2D eigenvalue weighted by Crippen LogP contribution is -2.17. The highest BCUT2D eigenvalue weighted by Gasteiger charge is 2.26. The molecule has 4 aromatic carbocycles. The maximum atomic E-state index is 13.6. The van der Waals surface area contributed by atoms with Crippen LogP contribution in [0.1, 0.15) is 16.7 Å². The van der Waals surface area contributed by atoms with E-state index < -0.39 is 15.5 Å². The van der Waals surface area contributed by atoms with Gasteiger partial charge in [-0.1, -0.05) is 66.2 Å². The Morgan fingerprint density at radius 2 is 1.47 bits per heavy atom. The molecular weight excluding hydrogens is 448 g/mol. The monoisotopic (exact) mass is 470 g/mol. The summed E-state index contributed by atoms with van der Waals surface area (Å²) in [6, 6.07) is 23.0.